The van der Waals surface area contributed by atoms with Crippen LogP contribution < -0.4 is 16.0 Å². The van der Waals surface area contributed by atoms with Gasteiger partial charge >= 0.3 is 11.9 Å². The molecule has 0 unspecified atom stereocenters. The Hall–Kier alpha value is -4.14. The third-order valence-electron chi connectivity index (χ3n) is 4.23. The third-order valence-corrected chi connectivity index (χ3v) is 4.23. The summed E-state index contributed by atoms with van der Waals surface area (Å²) in [5, 5.41) is 27.0. The molecule has 0 saturated carbocycles. The van der Waals surface area contributed by atoms with Gasteiger partial charge < -0.3 is 26.2 Å². The number of hydrogen-bond acceptors (Lipinski definition) is 6. The van der Waals surface area contributed by atoms with E-state index in [9.17, 15) is 19.5 Å². The van der Waals surface area contributed by atoms with Gasteiger partial charge in [0.2, 0.25) is 0 Å². The molecule has 0 aliphatic carbocycles. The predicted molar refractivity (Wildman–Crippen MR) is 113 cm³/mol. The molecule has 9 nitrogen and oxygen atoms in total. The van der Waals surface area contributed by atoms with E-state index >= 15 is 0 Å². The molecule has 30 heavy (non-hydrogen) atoms. The van der Waals surface area contributed by atoms with Crippen molar-refractivity contribution in [2.45, 2.75) is 6.42 Å². The van der Waals surface area contributed by atoms with Crippen LogP contribution in [0.15, 0.2) is 53.5 Å². The Morgan fingerprint density at radius 2 is 1.90 bits per heavy atom. The molecule has 1 aliphatic heterocycles. The number of guanidine groups is 1. The third kappa shape index (κ3) is 5.44. The maximum atomic E-state index is 12.6. The molecule has 0 atom stereocenters. The SMILES string of the molecule is O=C(O)C=Cc1ccc(NC(=O)c2cccc(NC3=NCCCN3)c2)cc1C(=O)O. The predicted octanol–water partition coefficient (Wildman–Crippen LogP) is 2.50. The van der Waals surface area contributed by atoms with E-state index in [1.165, 1.54) is 24.3 Å². The van der Waals surface area contributed by atoms with Crippen molar-refractivity contribution in [3.05, 3.63) is 65.2 Å². The molecule has 9 heteroatoms. The summed E-state index contributed by atoms with van der Waals surface area (Å²) in [6.07, 6.45) is 3.01. The fourth-order valence-electron chi connectivity index (χ4n) is 2.82. The number of carbonyl (C=O) groups excluding carboxylic acids is 1. The van der Waals surface area contributed by atoms with Gasteiger partial charge in [0.1, 0.15) is 0 Å². The van der Waals surface area contributed by atoms with E-state index in [-0.39, 0.29) is 16.8 Å². The van der Waals surface area contributed by atoms with Gasteiger partial charge in [0.25, 0.3) is 5.91 Å². The van der Waals surface area contributed by atoms with Gasteiger partial charge in [0.15, 0.2) is 5.96 Å². The number of aromatic carboxylic acids is 1. The van der Waals surface area contributed by atoms with E-state index in [0.717, 1.165) is 25.6 Å². The van der Waals surface area contributed by atoms with Crippen LogP contribution in [0.1, 0.15) is 32.7 Å². The van der Waals surface area contributed by atoms with Crippen LogP contribution in [0, 0.1) is 0 Å². The Morgan fingerprint density at radius 3 is 2.60 bits per heavy atom. The molecule has 154 valence electrons. The van der Waals surface area contributed by atoms with Crippen molar-refractivity contribution in [3.8, 4) is 0 Å². The van der Waals surface area contributed by atoms with E-state index in [1.54, 1.807) is 18.2 Å². The van der Waals surface area contributed by atoms with Crippen LogP contribution in [0.4, 0.5) is 11.4 Å². The summed E-state index contributed by atoms with van der Waals surface area (Å²) in [5.41, 5.74) is 1.44. The molecule has 3 rings (SSSR count). The van der Waals surface area contributed by atoms with Crippen molar-refractivity contribution >= 4 is 41.3 Å². The monoisotopic (exact) mass is 408 g/mol. The van der Waals surface area contributed by atoms with E-state index in [2.05, 4.69) is 20.9 Å². The van der Waals surface area contributed by atoms with Crippen LogP contribution in [-0.4, -0.2) is 47.1 Å². The second-order valence-electron chi connectivity index (χ2n) is 6.45. The fourth-order valence-corrected chi connectivity index (χ4v) is 2.82. The number of benzene rings is 2. The van der Waals surface area contributed by atoms with Gasteiger partial charge in [-0.3, -0.25) is 9.79 Å². The van der Waals surface area contributed by atoms with Crippen molar-refractivity contribution < 1.29 is 24.6 Å². The number of nitrogens with one attached hydrogen (secondary N) is 3. The van der Waals surface area contributed by atoms with Crippen molar-refractivity contribution in [2.75, 3.05) is 23.7 Å². The zero-order valence-electron chi connectivity index (χ0n) is 15.9. The summed E-state index contributed by atoms with van der Waals surface area (Å²) in [5.74, 6) is -2.19. The van der Waals surface area contributed by atoms with Crippen LogP contribution in [0.3, 0.4) is 0 Å². The van der Waals surface area contributed by atoms with Gasteiger partial charge in [-0.1, -0.05) is 12.1 Å². The molecule has 0 radical (unpaired) electrons. The van der Waals surface area contributed by atoms with Crippen molar-refractivity contribution in [3.63, 3.8) is 0 Å². The van der Waals surface area contributed by atoms with Gasteiger partial charge in [0, 0.05) is 36.1 Å². The first-order valence-corrected chi connectivity index (χ1v) is 9.17. The van der Waals surface area contributed by atoms with Gasteiger partial charge in [-0.15, -0.1) is 0 Å². The highest BCUT2D eigenvalue weighted by Gasteiger charge is 2.13. The Balaban J connectivity index is 1.76. The van der Waals surface area contributed by atoms with Crippen LogP contribution in [0.5, 0.6) is 0 Å². The minimum atomic E-state index is -1.23. The first-order valence-electron chi connectivity index (χ1n) is 9.17. The number of amides is 1. The molecule has 0 aromatic heterocycles. The lowest BCUT2D eigenvalue weighted by atomic mass is 10.1. The molecule has 0 saturated heterocycles. The lowest BCUT2D eigenvalue weighted by Gasteiger charge is -2.16. The number of rotatable bonds is 6. The second kappa shape index (κ2) is 9.37. The number of carboxylic acids is 2. The van der Waals surface area contributed by atoms with Crippen LogP contribution in [-0.2, 0) is 4.79 Å². The molecule has 2 aromatic rings. The summed E-state index contributed by atoms with van der Waals surface area (Å²) in [7, 11) is 0. The highest BCUT2D eigenvalue weighted by Crippen LogP contribution is 2.19. The Kier molecular flexibility index (Phi) is 6.43. The molecule has 5 N–H and O–H groups in total. The van der Waals surface area contributed by atoms with Crippen LogP contribution >= 0.6 is 0 Å². The van der Waals surface area contributed by atoms with E-state index in [4.69, 9.17) is 5.11 Å². The highest BCUT2D eigenvalue weighted by atomic mass is 16.4. The quantitative estimate of drug-likeness (QED) is 0.463. The molecule has 0 bridgehead atoms. The average molecular weight is 408 g/mol. The summed E-state index contributed by atoms with van der Waals surface area (Å²) in [4.78, 5) is 39.1. The molecule has 0 spiro atoms. The number of anilines is 2. The largest absolute Gasteiger partial charge is 0.478 e. The summed E-state index contributed by atoms with van der Waals surface area (Å²) in [6, 6.07) is 11.1. The number of hydrogen-bond donors (Lipinski definition) is 5. The van der Waals surface area contributed by atoms with Gasteiger partial charge in [-0.25, -0.2) is 9.59 Å². The maximum Gasteiger partial charge on any atom is 0.336 e. The van der Waals surface area contributed by atoms with Gasteiger partial charge in [-0.2, -0.15) is 0 Å². The highest BCUT2D eigenvalue weighted by molar-refractivity contribution is 6.06. The summed E-state index contributed by atoms with van der Waals surface area (Å²) in [6.45, 7) is 1.56. The lowest BCUT2D eigenvalue weighted by molar-refractivity contribution is -0.131. The minimum Gasteiger partial charge on any atom is -0.478 e. The average Bonchev–Trinajstić information content (AvgIpc) is 2.73. The number of carbonyl (C=O) groups is 3. The molecular formula is C21H20N4O5. The number of aliphatic carboxylic acids is 1. The van der Waals surface area contributed by atoms with Crippen molar-refractivity contribution in [2.24, 2.45) is 4.99 Å². The Bertz CT molecular complexity index is 1050. The Labute approximate surface area is 172 Å². The van der Waals surface area contributed by atoms with E-state index in [0.29, 0.717) is 17.2 Å². The van der Waals surface area contributed by atoms with Crippen molar-refractivity contribution in [1.29, 1.82) is 0 Å². The van der Waals surface area contributed by atoms with E-state index < -0.39 is 17.8 Å². The summed E-state index contributed by atoms with van der Waals surface area (Å²) < 4.78 is 0. The zero-order chi connectivity index (χ0) is 21.5. The number of carboxylic acid groups (broad SMARTS) is 2. The normalized spacial score (nSPS) is 13.3. The van der Waals surface area contributed by atoms with Crippen LogP contribution in [0.2, 0.25) is 0 Å². The summed E-state index contributed by atoms with van der Waals surface area (Å²) >= 11 is 0. The van der Waals surface area contributed by atoms with E-state index in [1.807, 2.05) is 6.07 Å². The molecular weight excluding hydrogens is 388 g/mol. The smallest absolute Gasteiger partial charge is 0.336 e. The standard InChI is InChI=1S/C21H20N4O5/c26-18(27)8-6-13-5-7-16(12-17(13)20(29)30)24-19(28)14-3-1-4-15(11-14)25-21-22-9-2-10-23-21/h1,3-8,11-12H,2,9-10H2,(H,24,28)(H,26,27)(H,29,30)(H2,22,23,25). The van der Waals surface area contributed by atoms with Gasteiger partial charge in [0.05, 0.1) is 5.56 Å². The first kappa shape index (κ1) is 20.6. The maximum absolute atomic E-state index is 12.6. The number of aliphatic imine (C=N–C) groups is 1. The van der Waals surface area contributed by atoms with Crippen molar-refractivity contribution in [1.82, 2.24) is 5.32 Å². The van der Waals surface area contributed by atoms with Gasteiger partial charge in [-0.05, 0) is 48.4 Å². The fraction of sp³-hybridized carbons (Fsp3) is 0.143. The molecule has 1 aliphatic rings. The Morgan fingerprint density at radius 1 is 1.07 bits per heavy atom. The molecule has 1 heterocycles. The second-order valence-corrected chi connectivity index (χ2v) is 6.45. The number of nitrogens with zero attached hydrogens (tertiary/aromatic N) is 1. The lowest BCUT2D eigenvalue weighted by Crippen LogP contribution is -2.35. The van der Waals surface area contributed by atoms with Crippen LogP contribution in [0.25, 0.3) is 6.08 Å². The minimum absolute atomic E-state index is 0.123. The topological polar surface area (TPSA) is 140 Å². The molecule has 0 fully saturated rings. The zero-order valence-corrected chi connectivity index (χ0v) is 15.9. The molecule has 1 amide bonds. The first-order chi connectivity index (χ1) is 14.4. The molecule has 2 aromatic carbocycles.